The number of amides is 1. The van der Waals surface area contributed by atoms with E-state index in [9.17, 15) is 4.79 Å². The third kappa shape index (κ3) is 2.32. The Morgan fingerprint density at radius 1 is 1.59 bits per heavy atom. The van der Waals surface area contributed by atoms with Gasteiger partial charge in [0.15, 0.2) is 0 Å². The van der Waals surface area contributed by atoms with Crippen LogP contribution < -0.4 is 11.1 Å². The van der Waals surface area contributed by atoms with Gasteiger partial charge in [-0.2, -0.15) is 0 Å². The minimum absolute atomic E-state index is 0.219. The van der Waals surface area contributed by atoms with Crippen LogP contribution in [0.5, 0.6) is 0 Å². The van der Waals surface area contributed by atoms with Crippen LogP contribution in [0.3, 0.4) is 0 Å². The molecule has 3 atom stereocenters. The molecule has 1 aliphatic carbocycles. The van der Waals surface area contributed by atoms with E-state index >= 15 is 0 Å². The Balaban J connectivity index is 2.03. The monoisotopic (exact) mass is 241 g/mol. The van der Waals surface area contributed by atoms with Gasteiger partial charge in [-0.05, 0) is 33.2 Å². The zero-order chi connectivity index (χ0) is 12.5. The highest BCUT2D eigenvalue weighted by molar-refractivity contribution is 5.85. The van der Waals surface area contributed by atoms with Crippen molar-refractivity contribution in [1.82, 2.24) is 10.2 Å². The quantitative estimate of drug-likeness (QED) is 0.712. The van der Waals surface area contributed by atoms with Crippen LogP contribution in [0, 0.1) is 0 Å². The van der Waals surface area contributed by atoms with Gasteiger partial charge in [0.2, 0.25) is 5.91 Å². The Morgan fingerprint density at radius 2 is 2.35 bits per heavy atom. The molecule has 0 aromatic rings. The molecule has 1 saturated carbocycles. The average molecular weight is 241 g/mol. The summed E-state index contributed by atoms with van der Waals surface area (Å²) in [6, 6.07) is 0.892. The molecule has 1 heterocycles. The summed E-state index contributed by atoms with van der Waals surface area (Å²) in [5.74, 6) is -0.219. The first-order valence-corrected chi connectivity index (χ1v) is 6.41. The van der Waals surface area contributed by atoms with Crippen LogP contribution in [-0.4, -0.2) is 55.2 Å². The third-order valence-electron chi connectivity index (χ3n) is 4.33. The number of nitrogens with two attached hydrogens (primary N) is 1. The number of nitrogens with one attached hydrogen (secondary N) is 1. The molecule has 1 amide bonds. The van der Waals surface area contributed by atoms with Gasteiger partial charge >= 0.3 is 0 Å². The smallest absolute Gasteiger partial charge is 0.237 e. The summed E-state index contributed by atoms with van der Waals surface area (Å²) in [7, 11) is 1.83. The second-order valence-electron chi connectivity index (χ2n) is 5.25. The summed E-state index contributed by atoms with van der Waals surface area (Å²) in [5, 5.41) is 3.13. The Kier molecular flexibility index (Phi) is 3.70. The molecule has 2 aliphatic rings. The van der Waals surface area contributed by atoms with Gasteiger partial charge in [0.25, 0.3) is 0 Å². The van der Waals surface area contributed by atoms with E-state index in [0.29, 0.717) is 12.1 Å². The average Bonchev–Trinajstić information content (AvgIpc) is 2.75. The minimum Gasteiger partial charge on any atom is -0.379 e. The number of morpholine rings is 1. The van der Waals surface area contributed by atoms with Crippen molar-refractivity contribution in [1.29, 1.82) is 0 Å². The minimum atomic E-state index is -0.497. The lowest BCUT2D eigenvalue weighted by atomic mass is 9.96. The van der Waals surface area contributed by atoms with Gasteiger partial charge in [0.05, 0.1) is 18.8 Å². The second kappa shape index (κ2) is 4.92. The van der Waals surface area contributed by atoms with Crippen LogP contribution in [0.15, 0.2) is 0 Å². The molecule has 0 spiro atoms. The van der Waals surface area contributed by atoms with Crippen molar-refractivity contribution in [2.45, 2.75) is 43.8 Å². The van der Waals surface area contributed by atoms with E-state index < -0.39 is 5.54 Å². The molecular formula is C12H23N3O2. The molecule has 5 heteroatoms. The number of carbonyl (C=O) groups excluding carboxylic acids is 1. The van der Waals surface area contributed by atoms with Gasteiger partial charge in [0.1, 0.15) is 0 Å². The molecule has 0 aromatic heterocycles. The maximum atomic E-state index is 11.6. The van der Waals surface area contributed by atoms with Crippen LogP contribution >= 0.6 is 0 Å². The van der Waals surface area contributed by atoms with Gasteiger partial charge in [-0.3, -0.25) is 9.69 Å². The van der Waals surface area contributed by atoms with Crippen LogP contribution in [0.2, 0.25) is 0 Å². The highest BCUT2D eigenvalue weighted by Crippen LogP contribution is 2.34. The molecular weight excluding hydrogens is 218 g/mol. The van der Waals surface area contributed by atoms with Crippen molar-refractivity contribution < 1.29 is 9.53 Å². The number of hydrogen-bond acceptors (Lipinski definition) is 4. The Bertz CT molecular complexity index is 297. The number of rotatable bonds is 3. The summed E-state index contributed by atoms with van der Waals surface area (Å²) < 4.78 is 5.45. The third-order valence-corrected chi connectivity index (χ3v) is 4.33. The highest BCUT2D eigenvalue weighted by Gasteiger charge is 2.45. The summed E-state index contributed by atoms with van der Waals surface area (Å²) in [5.41, 5.74) is 5.03. The predicted octanol–water partition coefficient (Wildman–Crippen LogP) is -0.297. The van der Waals surface area contributed by atoms with Crippen molar-refractivity contribution in [3.8, 4) is 0 Å². The van der Waals surface area contributed by atoms with Crippen molar-refractivity contribution >= 4 is 5.91 Å². The maximum Gasteiger partial charge on any atom is 0.237 e. The van der Waals surface area contributed by atoms with Crippen molar-refractivity contribution in [2.75, 3.05) is 26.8 Å². The molecule has 3 unspecified atom stereocenters. The van der Waals surface area contributed by atoms with Crippen LogP contribution in [-0.2, 0) is 9.53 Å². The summed E-state index contributed by atoms with van der Waals surface area (Å²) >= 11 is 0. The molecule has 98 valence electrons. The largest absolute Gasteiger partial charge is 0.379 e. The molecule has 2 rings (SSSR count). The molecule has 0 aromatic carbocycles. The van der Waals surface area contributed by atoms with E-state index in [-0.39, 0.29) is 5.91 Å². The zero-order valence-corrected chi connectivity index (χ0v) is 10.7. The van der Waals surface area contributed by atoms with Crippen LogP contribution in [0.4, 0.5) is 0 Å². The lowest BCUT2D eigenvalue weighted by Crippen LogP contribution is -2.54. The molecule has 1 saturated heterocycles. The van der Waals surface area contributed by atoms with Crippen molar-refractivity contribution in [3.05, 3.63) is 0 Å². The van der Waals surface area contributed by atoms with Gasteiger partial charge in [-0.15, -0.1) is 0 Å². The summed E-state index contributed by atoms with van der Waals surface area (Å²) in [4.78, 5) is 14.0. The number of carbonyl (C=O) groups is 1. The normalized spacial score (nSPS) is 39.4. The fourth-order valence-electron chi connectivity index (χ4n) is 3.16. The van der Waals surface area contributed by atoms with Gasteiger partial charge in [0, 0.05) is 18.6 Å². The second-order valence-corrected chi connectivity index (χ2v) is 5.25. The molecule has 3 N–H and O–H groups in total. The van der Waals surface area contributed by atoms with E-state index in [1.54, 1.807) is 0 Å². The number of primary amides is 1. The van der Waals surface area contributed by atoms with E-state index in [2.05, 4.69) is 17.1 Å². The Morgan fingerprint density at radius 3 is 2.88 bits per heavy atom. The number of ether oxygens (including phenoxy) is 1. The first kappa shape index (κ1) is 12.8. The maximum absolute atomic E-state index is 11.6. The Labute approximate surface area is 103 Å². The molecule has 17 heavy (non-hydrogen) atoms. The number of nitrogens with zero attached hydrogens (tertiary/aromatic N) is 1. The van der Waals surface area contributed by atoms with Gasteiger partial charge in [-0.25, -0.2) is 0 Å². The highest BCUT2D eigenvalue weighted by atomic mass is 16.5. The van der Waals surface area contributed by atoms with Crippen LogP contribution in [0.1, 0.15) is 26.2 Å². The standard InChI is InChI=1S/C12H23N3O2/c1-9-8-17-6-5-15(9)10-3-4-12(7-10,14-2)11(13)16/h9-10,14H,3-8H2,1-2H3,(H2,13,16). The van der Waals surface area contributed by atoms with Gasteiger partial charge in [-0.1, -0.05) is 0 Å². The first-order valence-electron chi connectivity index (χ1n) is 6.41. The molecule has 0 radical (unpaired) electrons. The number of hydrogen-bond donors (Lipinski definition) is 2. The Hall–Kier alpha value is -0.650. The lowest BCUT2D eigenvalue weighted by molar-refractivity contribution is -0.124. The van der Waals surface area contributed by atoms with E-state index in [1.165, 1.54) is 0 Å². The van der Waals surface area contributed by atoms with Crippen LogP contribution in [0.25, 0.3) is 0 Å². The first-order chi connectivity index (χ1) is 8.09. The fourth-order valence-corrected chi connectivity index (χ4v) is 3.16. The molecule has 5 nitrogen and oxygen atoms in total. The summed E-state index contributed by atoms with van der Waals surface area (Å²) in [6.07, 6.45) is 2.70. The van der Waals surface area contributed by atoms with Crippen molar-refractivity contribution in [3.63, 3.8) is 0 Å². The topological polar surface area (TPSA) is 67.6 Å². The fraction of sp³-hybridized carbons (Fsp3) is 0.917. The number of likely N-dealkylation sites (N-methyl/N-ethyl adjacent to an activating group) is 1. The lowest BCUT2D eigenvalue weighted by Gasteiger charge is -2.38. The van der Waals surface area contributed by atoms with Gasteiger partial charge < -0.3 is 15.8 Å². The molecule has 1 aliphatic heterocycles. The molecule has 2 fully saturated rings. The SMILES string of the molecule is CNC1(C(N)=O)CCC(N2CCOCC2C)C1. The molecule has 0 bridgehead atoms. The zero-order valence-electron chi connectivity index (χ0n) is 10.7. The summed E-state index contributed by atoms with van der Waals surface area (Å²) in [6.45, 7) is 4.73. The predicted molar refractivity (Wildman–Crippen MR) is 65.6 cm³/mol. The van der Waals surface area contributed by atoms with E-state index in [4.69, 9.17) is 10.5 Å². The van der Waals surface area contributed by atoms with E-state index in [1.807, 2.05) is 7.05 Å². The van der Waals surface area contributed by atoms with E-state index in [0.717, 1.165) is 39.0 Å². The van der Waals surface area contributed by atoms with Crippen molar-refractivity contribution in [2.24, 2.45) is 5.73 Å².